The molecule has 0 aliphatic carbocycles. The highest BCUT2D eigenvalue weighted by Gasteiger charge is 2.13. The minimum Gasteiger partial charge on any atom is -0.394 e. The molecule has 1 atom stereocenters. The molecule has 5 nitrogen and oxygen atoms in total. The number of benzene rings is 2. The van der Waals surface area contributed by atoms with Crippen molar-refractivity contribution in [2.75, 3.05) is 11.9 Å². The summed E-state index contributed by atoms with van der Waals surface area (Å²) in [6, 6.07) is 16.1. The zero-order valence-corrected chi connectivity index (χ0v) is 14.0. The number of nitrogens with one attached hydrogen (secondary N) is 2. The van der Waals surface area contributed by atoms with Gasteiger partial charge >= 0.3 is 6.03 Å². The molecule has 2 aromatic carbocycles. The van der Waals surface area contributed by atoms with E-state index in [1.54, 1.807) is 0 Å². The normalized spacial score (nSPS) is 12.0. The van der Waals surface area contributed by atoms with E-state index in [4.69, 9.17) is 4.74 Å². The molecule has 0 bridgehead atoms. The van der Waals surface area contributed by atoms with E-state index in [2.05, 4.69) is 10.6 Å². The van der Waals surface area contributed by atoms with Crippen LogP contribution in [0.5, 0.6) is 0 Å². The van der Waals surface area contributed by atoms with Crippen LogP contribution in [-0.4, -0.2) is 23.8 Å². The Morgan fingerprint density at radius 1 is 1.12 bits per heavy atom. The lowest BCUT2D eigenvalue weighted by atomic mass is 10.1. The monoisotopic (exact) mass is 328 g/mol. The van der Waals surface area contributed by atoms with E-state index >= 15 is 0 Å². The molecule has 0 fully saturated rings. The molecule has 0 aliphatic rings. The third kappa shape index (κ3) is 5.68. The predicted molar refractivity (Wildman–Crippen MR) is 94.8 cm³/mol. The fraction of sp³-hybridized carbons (Fsp3) is 0.316. The van der Waals surface area contributed by atoms with Crippen LogP contribution in [0.15, 0.2) is 54.6 Å². The van der Waals surface area contributed by atoms with E-state index in [1.165, 1.54) is 0 Å². The summed E-state index contributed by atoms with van der Waals surface area (Å²) in [7, 11) is 0. The highest BCUT2D eigenvalue weighted by atomic mass is 16.5. The third-order valence-corrected chi connectivity index (χ3v) is 3.46. The van der Waals surface area contributed by atoms with E-state index in [1.807, 2.05) is 68.4 Å². The minimum absolute atomic E-state index is 0.154. The molecule has 5 heteroatoms. The molecular weight excluding hydrogens is 304 g/mol. The van der Waals surface area contributed by atoms with Crippen LogP contribution in [0.3, 0.4) is 0 Å². The van der Waals surface area contributed by atoms with E-state index < -0.39 is 6.04 Å². The number of amides is 2. The van der Waals surface area contributed by atoms with Gasteiger partial charge in [0.15, 0.2) is 0 Å². The van der Waals surface area contributed by atoms with Crippen LogP contribution >= 0.6 is 0 Å². The van der Waals surface area contributed by atoms with Gasteiger partial charge in [0.1, 0.15) is 0 Å². The maximum atomic E-state index is 12.2. The SMILES string of the molecule is CC(C)OCc1cccc(NC(=O)N[C@H](CO)c2ccccc2)c1. The molecule has 2 rings (SSSR count). The lowest BCUT2D eigenvalue weighted by molar-refractivity contribution is 0.0657. The van der Waals surface area contributed by atoms with Crippen molar-refractivity contribution in [1.82, 2.24) is 5.32 Å². The number of carbonyl (C=O) groups excluding carboxylic acids is 1. The third-order valence-electron chi connectivity index (χ3n) is 3.46. The number of aliphatic hydroxyl groups excluding tert-OH is 1. The number of ether oxygens (including phenoxy) is 1. The van der Waals surface area contributed by atoms with Gasteiger partial charge in [-0.3, -0.25) is 0 Å². The van der Waals surface area contributed by atoms with Gasteiger partial charge in [-0.1, -0.05) is 42.5 Å². The Bertz CT molecular complexity index is 644. The van der Waals surface area contributed by atoms with Crippen molar-refractivity contribution in [3.8, 4) is 0 Å². The average molecular weight is 328 g/mol. The van der Waals surface area contributed by atoms with Crippen molar-refractivity contribution < 1.29 is 14.6 Å². The standard InChI is InChI=1S/C19H24N2O3/c1-14(2)24-13-15-7-6-10-17(11-15)20-19(23)21-18(12-22)16-8-4-3-5-9-16/h3-11,14,18,22H,12-13H2,1-2H3,(H2,20,21,23)/t18-/m1/s1. The van der Waals surface area contributed by atoms with Crippen LogP contribution in [0.25, 0.3) is 0 Å². The molecular formula is C19H24N2O3. The summed E-state index contributed by atoms with van der Waals surface area (Å²) in [5, 5.41) is 15.1. The topological polar surface area (TPSA) is 70.6 Å². The lowest BCUT2D eigenvalue weighted by Gasteiger charge is -2.17. The van der Waals surface area contributed by atoms with E-state index in [0.29, 0.717) is 12.3 Å². The summed E-state index contributed by atoms with van der Waals surface area (Å²) in [5.74, 6) is 0. The number of aliphatic hydroxyl groups is 1. The van der Waals surface area contributed by atoms with Gasteiger partial charge in [-0.2, -0.15) is 0 Å². The molecule has 0 saturated carbocycles. The molecule has 2 aromatic rings. The van der Waals surface area contributed by atoms with E-state index in [-0.39, 0.29) is 18.7 Å². The van der Waals surface area contributed by atoms with Gasteiger partial charge in [-0.15, -0.1) is 0 Å². The Kier molecular flexibility index (Phi) is 6.78. The van der Waals surface area contributed by atoms with Gasteiger partial charge in [0.25, 0.3) is 0 Å². The fourth-order valence-corrected chi connectivity index (χ4v) is 2.25. The van der Waals surface area contributed by atoms with Crippen LogP contribution < -0.4 is 10.6 Å². The van der Waals surface area contributed by atoms with Crippen LogP contribution in [0, 0.1) is 0 Å². The van der Waals surface area contributed by atoms with Gasteiger partial charge < -0.3 is 20.5 Å². The zero-order chi connectivity index (χ0) is 17.4. The van der Waals surface area contributed by atoms with Crippen molar-refractivity contribution >= 4 is 11.7 Å². The molecule has 0 spiro atoms. The van der Waals surface area contributed by atoms with Gasteiger partial charge in [-0.25, -0.2) is 4.79 Å². The van der Waals surface area contributed by atoms with Crippen LogP contribution in [0.4, 0.5) is 10.5 Å². The Labute approximate surface area is 142 Å². The van der Waals surface area contributed by atoms with Crippen molar-refractivity contribution in [2.45, 2.75) is 32.6 Å². The van der Waals surface area contributed by atoms with Gasteiger partial charge in [0.05, 0.1) is 25.4 Å². The molecule has 0 aromatic heterocycles. The number of rotatable bonds is 7. The molecule has 0 saturated heterocycles. The van der Waals surface area contributed by atoms with Crippen LogP contribution in [0.2, 0.25) is 0 Å². The van der Waals surface area contributed by atoms with Crippen molar-refractivity contribution in [2.24, 2.45) is 0 Å². The highest BCUT2D eigenvalue weighted by molar-refractivity contribution is 5.89. The molecule has 0 unspecified atom stereocenters. The average Bonchev–Trinajstić information content (AvgIpc) is 2.59. The molecule has 2 amide bonds. The van der Waals surface area contributed by atoms with Crippen molar-refractivity contribution in [3.63, 3.8) is 0 Å². The Balaban J connectivity index is 1.95. The van der Waals surface area contributed by atoms with E-state index in [0.717, 1.165) is 11.1 Å². The molecule has 3 N–H and O–H groups in total. The van der Waals surface area contributed by atoms with E-state index in [9.17, 15) is 9.90 Å². The summed E-state index contributed by atoms with van der Waals surface area (Å²) in [4.78, 5) is 12.2. The second-order valence-corrected chi connectivity index (χ2v) is 5.80. The van der Waals surface area contributed by atoms with Crippen LogP contribution in [-0.2, 0) is 11.3 Å². The summed E-state index contributed by atoms with van der Waals surface area (Å²) in [6.45, 7) is 4.29. The second-order valence-electron chi connectivity index (χ2n) is 5.80. The summed E-state index contributed by atoms with van der Waals surface area (Å²) in [6.07, 6.45) is 0.154. The highest BCUT2D eigenvalue weighted by Crippen LogP contribution is 2.14. The Morgan fingerprint density at radius 2 is 1.88 bits per heavy atom. The van der Waals surface area contributed by atoms with Crippen molar-refractivity contribution in [1.29, 1.82) is 0 Å². The predicted octanol–water partition coefficient (Wildman–Crippen LogP) is 3.47. The van der Waals surface area contributed by atoms with Gasteiger partial charge in [0, 0.05) is 5.69 Å². The fourth-order valence-electron chi connectivity index (χ4n) is 2.25. The van der Waals surface area contributed by atoms with Crippen LogP contribution in [0.1, 0.15) is 31.0 Å². The Morgan fingerprint density at radius 3 is 2.54 bits per heavy atom. The molecule has 24 heavy (non-hydrogen) atoms. The first kappa shape index (κ1) is 18.0. The van der Waals surface area contributed by atoms with Gasteiger partial charge in [-0.05, 0) is 37.1 Å². The Hall–Kier alpha value is -2.37. The number of anilines is 1. The number of carbonyl (C=O) groups is 1. The number of hydrogen-bond donors (Lipinski definition) is 3. The number of hydrogen-bond acceptors (Lipinski definition) is 3. The number of urea groups is 1. The summed E-state index contributed by atoms with van der Waals surface area (Å²) >= 11 is 0. The smallest absolute Gasteiger partial charge is 0.319 e. The summed E-state index contributed by atoms with van der Waals surface area (Å²) in [5.41, 5.74) is 2.53. The summed E-state index contributed by atoms with van der Waals surface area (Å²) < 4.78 is 5.57. The first-order valence-corrected chi connectivity index (χ1v) is 8.02. The maximum absolute atomic E-state index is 12.2. The van der Waals surface area contributed by atoms with Crippen molar-refractivity contribution in [3.05, 3.63) is 65.7 Å². The quantitative estimate of drug-likeness (QED) is 0.729. The minimum atomic E-state index is -0.446. The van der Waals surface area contributed by atoms with Gasteiger partial charge in [0.2, 0.25) is 0 Å². The first-order chi connectivity index (χ1) is 11.6. The molecule has 0 radical (unpaired) electrons. The second kappa shape index (κ2) is 9.05. The molecule has 0 heterocycles. The largest absolute Gasteiger partial charge is 0.394 e. The maximum Gasteiger partial charge on any atom is 0.319 e. The molecule has 128 valence electrons. The lowest BCUT2D eigenvalue weighted by Crippen LogP contribution is -2.34. The zero-order valence-electron chi connectivity index (χ0n) is 14.0. The molecule has 0 aliphatic heterocycles. The first-order valence-electron chi connectivity index (χ1n) is 8.02.